The van der Waals surface area contributed by atoms with Crippen molar-refractivity contribution in [1.82, 2.24) is 24.9 Å². The van der Waals surface area contributed by atoms with Crippen molar-refractivity contribution >= 4 is 17.2 Å². The predicted molar refractivity (Wildman–Crippen MR) is 103 cm³/mol. The minimum Gasteiger partial charge on any atom is -0.497 e. The van der Waals surface area contributed by atoms with Crippen molar-refractivity contribution in [2.45, 2.75) is 38.8 Å². The zero-order chi connectivity index (χ0) is 18.8. The Morgan fingerprint density at radius 2 is 2.26 bits per heavy atom. The number of nitrogens with zero attached hydrogens (tertiary/aromatic N) is 4. The van der Waals surface area contributed by atoms with Crippen molar-refractivity contribution in [3.05, 3.63) is 41.3 Å². The van der Waals surface area contributed by atoms with E-state index in [1.807, 2.05) is 12.3 Å². The summed E-state index contributed by atoms with van der Waals surface area (Å²) in [6, 6.07) is 6.56. The smallest absolute Gasteiger partial charge is 0.121 e. The monoisotopic (exact) mass is 367 g/mol. The second-order valence-corrected chi connectivity index (χ2v) is 7.07. The molecular weight excluding hydrogens is 342 g/mol. The zero-order valence-electron chi connectivity index (χ0n) is 15.8. The maximum Gasteiger partial charge on any atom is 0.121 e. The molecule has 1 N–H and O–H groups in total. The van der Waals surface area contributed by atoms with E-state index in [2.05, 4.69) is 39.3 Å². The van der Waals surface area contributed by atoms with Crippen molar-refractivity contribution in [2.24, 2.45) is 0 Å². The molecule has 2 aromatic heterocycles. The summed E-state index contributed by atoms with van der Waals surface area (Å²) in [6.45, 7) is 4.81. The average Bonchev–Trinajstić information content (AvgIpc) is 3.30. The highest BCUT2D eigenvalue weighted by Crippen LogP contribution is 2.35. The topological polar surface area (TPSA) is 76.0 Å². The molecular formula is C20H25N5O2. The van der Waals surface area contributed by atoms with Gasteiger partial charge in [-0.15, -0.1) is 5.10 Å². The van der Waals surface area contributed by atoms with Gasteiger partial charge in [0.05, 0.1) is 12.8 Å². The lowest BCUT2D eigenvalue weighted by Gasteiger charge is -2.33. The second-order valence-electron chi connectivity index (χ2n) is 7.07. The van der Waals surface area contributed by atoms with Gasteiger partial charge in [-0.3, -0.25) is 9.58 Å². The Morgan fingerprint density at radius 1 is 1.37 bits per heavy atom. The summed E-state index contributed by atoms with van der Waals surface area (Å²) in [4.78, 5) is 16.6. The summed E-state index contributed by atoms with van der Waals surface area (Å²) in [6.07, 6.45) is 5.20. The first kappa shape index (κ1) is 17.7. The molecule has 7 heteroatoms. The van der Waals surface area contributed by atoms with Crippen molar-refractivity contribution in [1.29, 1.82) is 0 Å². The fraction of sp³-hybridized carbons (Fsp3) is 0.450. The van der Waals surface area contributed by atoms with Gasteiger partial charge in [0.15, 0.2) is 0 Å². The normalized spacial score (nSPS) is 17.2. The third-order valence-corrected chi connectivity index (χ3v) is 5.48. The number of aryl methyl sites for hydroxylation is 1. The lowest BCUT2D eigenvalue weighted by Crippen LogP contribution is -2.35. The number of carbonyl (C=O) groups is 1. The van der Waals surface area contributed by atoms with Crippen molar-refractivity contribution in [2.75, 3.05) is 20.2 Å². The number of hydrogen-bond acceptors (Lipinski definition) is 5. The summed E-state index contributed by atoms with van der Waals surface area (Å²) in [5, 5.41) is 9.59. The van der Waals surface area contributed by atoms with Crippen molar-refractivity contribution in [3.63, 3.8) is 0 Å². The Labute approximate surface area is 158 Å². The van der Waals surface area contributed by atoms with E-state index in [9.17, 15) is 4.79 Å². The van der Waals surface area contributed by atoms with Gasteiger partial charge in [0.2, 0.25) is 0 Å². The van der Waals surface area contributed by atoms with Gasteiger partial charge in [0.1, 0.15) is 12.0 Å². The lowest BCUT2D eigenvalue weighted by molar-refractivity contribution is -0.108. The van der Waals surface area contributed by atoms with E-state index in [-0.39, 0.29) is 0 Å². The molecule has 0 saturated carbocycles. The molecule has 1 atom stereocenters. The predicted octanol–water partition coefficient (Wildman–Crippen LogP) is 2.52. The summed E-state index contributed by atoms with van der Waals surface area (Å²) < 4.78 is 7.13. The molecule has 3 heterocycles. The molecule has 1 aliphatic rings. The molecule has 4 rings (SSSR count). The van der Waals surface area contributed by atoms with Gasteiger partial charge < -0.3 is 14.5 Å². The molecule has 0 fully saturated rings. The average molecular weight is 367 g/mol. The van der Waals surface area contributed by atoms with E-state index >= 15 is 0 Å². The Morgan fingerprint density at radius 3 is 3.07 bits per heavy atom. The highest BCUT2D eigenvalue weighted by molar-refractivity contribution is 5.86. The van der Waals surface area contributed by atoms with Gasteiger partial charge in [0, 0.05) is 61.3 Å². The SMILES string of the molecule is COc1ccc2[nH]c3c(c2c1)CCN(CCc1cn(CCC=O)nn1)C3C. The van der Waals surface area contributed by atoms with Crippen molar-refractivity contribution in [3.8, 4) is 5.75 Å². The van der Waals surface area contributed by atoms with E-state index in [0.29, 0.717) is 19.0 Å². The van der Waals surface area contributed by atoms with E-state index in [0.717, 1.165) is 43.7 Å². The fourth-order valence-corrected chi connectivity index (χ4v) is 3.94. The number of hydrogen-bond donors (Lipinski definition) is 1. The van der Waals surface area contributed by atoms with E-state index in [1.54, 1.807) is 11.8 Å². The second kappa shape index (κ2) is 7.52. The Balaban J connectivity index is 1.46. The first-order chi connectivity index (χ1) is 13.2. The largest absolute Gasteiger partial charge is 0.497 e. The van der Waals surface area contributed by atoms with Crippen molar-refractivity contribution < 1.29 is 9.53 Å². The van der Waals surface area contributed by atoms with Crippen LogP contribution in [0.15, 0.2) is 24.4 Å². The van der Waals surface area contributed by atoms with E-state index in [4.69, 9.17) is 4.74 Å². The standard InChI is InChI=1S/C20H25N5O2/c1-14-20-17(18-12-16(27-2)4-5-19(18)21-20)7-10-24(14)9-6-15-13-25(23-22-15)8-3-11-26/h4-5,11-14,21H,3,6-10H2,1-2H3. The van der Waals surface area contributed by atoms with Gasteiger partial charge in [0.25, 0.3) is 0 Å². The minimum atomic E-state index is 0.331. The number of methoxy groups -OCH3 is 1. The number of rotatable bonds is 7. The molecule has 1 unspecified atom stereocenters. The molecule has 0 radical (unpaired) electrons. The van der Waals surface area contributed by atoms with Crippen LogP contribution < -0.4 is 4.74 Å². The number of fused-ring (bicyclic) bond motifs is 3. The van der Waals surface area contributed by atoms with Gasteiger partial charge in [-0.05, 0) is 37.1 Å². The molecule has 7 nitrogen and oxygen atoms in total. The van der Waals surface area contributed by atoms with Crippen LogP contribution in [0.1, 0.15) is 36.3 Å². The zero-order valence-corrected chi connectivity index (χ0v) is 15.8. The third kappa shape index (κ3) is 3.47. The van der Waals surface area contributed by atoms with Gasteiger partial charge in [-0.1, -0.05) is 5.21 Å². The molecule has 27 heavy (non-hydrogen) atoms. The number of aromatic amines is 1. The number of aldehydes is 1. The van der Waals surface area contributed by atoms with Crippen LogP contribution in [0.5, 0.6) is 5.75 Å². The molecule has 0 aliphatic carbocycles. The summed E-state index contributed by atoms with van der Waals surface area (Å²) in [7, 11) is 1.71. The molecule has 0 bridgehead atoms. The lowest BCUT2D eigenvalue weighted by atomic mass is 9.98. The van der Waals surface area contributed by atoms with E-state index in [1.165, 1.54) is 22.2 Å². The molecule has 1 aromatic carbocycles. The fourth-order valence-electron chi connectivity index (χ4n) is 3.94. The number of benzene rings is 1. The molecule has 142 valence electrons. The maximum atomic E-state index is 10.5. The van der Waals surface area contributed by atoms with Crippen LogP contribution >= 0.6 is 0 Å². The number of carbonyl (C=O) groups excluding carboxylic acids is 1. The Hall–Kier alpha value is -2.67. The Bertz CT molecular complexity index is 945. The third-order valence-electron chi connectivity index (χ3n) is 5.48. The first-order valence-electron chi connectivity index (χ1n) is 9.44. The number of nitrogens with one attached hydrogen (secondary N) is 1. The molecule has 1 aliphatic heterocycles. The molecule has 0 spiro atoms. The molecule has 3 aromatic rings. The number of aromatic nitrogens is 4. The first-order valence-corrected chi connectivity index (χ1v) is 9.44. The van der Waals surface area contributed by atoms with Crippen LogP contribution in [-0.4, -0.2) is 51.4 Å². The number of H-pyrrole nitrogens is 1. The quantitative estimate of drug-likeness (QED) is 0.650. The van der Waals surface area contributed by atoms with Gasteiger partial charge in [-0.25, -0.2) is 0 Å². The van der Waals surface area contributed by atoms with Crippen LogP contribution in [-0.2, 0) is 24.2 Å². The molecule has 0 amide bonds. The molecule has 0 saturated heterocycles. The highest BCUT2D eigenvalue weighted by atomic mass is 16.5. The highest BCUT2D eigenvalue weighted by Gasteiger charge is 2.27. The van der Waals surface area contributed by atoms with Crippen LogP contribution in [0.2, 0.25) is 0 Å². The maximum absolute atomic E-state index is 10.5. The minimum absolute atomic E-state index is 0.331. The Kier molecular flexibility index (Phi) is 4.94. The summed E-state index contributed by atoms with van der Waals surface area (Å²) >= 11 is 0. The van der Waals surface area contributed by atoms with E-state index < -0.39 is 0 Å². The van der Waals surface area contributed by atoms with Crippen LogP contribution in [0.25, 0.3) is 10.9 Å². The summed E-state index contributed by atoms with van der Waals surface area (Å²) in [5.41, 5.74) is 4.86. The number of ether oxygens (including phenoxy) is 1. The van der Waals surface area contributed by atoms with Crippen LogP contribution in [0.4, 0.5) is 0 Å². The van der Waals surface area contributed by atoms with Crippen LogP contribution in [0, 0.1) is 0 Å². The van der Waals surface area contributed by atoms with Crippen LogP contribution in [0.3, 0.4) is 0 Å². The van der Waals surface area contributed by atoms with Gasteiger partial charge in [-0.2, -0.15) is 0 Å². The van der Waals surface area contributed by atoms with Gasteiger partial charge >= 0.3 is 0 Å². The summed E-state index contributed by atoms with van der Waals surface area (Å²) in [5.74, 6) is 0.900.